The van der Waals surface area contributed by atoms with Crippen molar-refractivity contribution in [2.75, 3.05) is 18.8 Å². The Morgan fingerprint density at radius 2 is 2.00 bits per heavy atom. The predicted octanol–water partition coefficient (Wildman–Crippen LogP) is 3.56. The summed E-state index contributed by atoms with van der Waals surface area (Å²) < 4.78 is 0. The van der Waals surface area contributed by atoms with Crippen molar-refractivity contribution in [1.82, 2.24) is 5.32 Å². The Morgan fingerprint density at radius 1 is 1.25 bits per heavy atom. The second kappa shape index (κ2) is 5.74. The molecule has 16 heavy (non-hydrogen) atoms. The molecule has 2 heteroatoms. The van der Waals surface area contributed by atoms with Gasteiger partial charge in [-0.1, -0.05) is 31.5 Å². The van der Waals surface area contributed by atoms with Crippen LogP contribution in [0.4, 0.5) is 0 Å². The topological polar surface area (TPSA) is 12.0 Å². The summed E-state index contributed by atoms with van der Waals surface area (Å²) in [4.78, 5) is 1.37. The van der Waals surface area contributed by atoms with Gasteiger partial charge in [-0.15, -0.1) is 11.8 Å². The number of benzene rings is 1. The number of hydrogen-bond acceptors (Lipinski definition) is 2. The van der Waals surface area contributed by atoms with Crippen LogP contribution < -0.4 is 5.32 Å². The summed E-state index contributed by atoms with van der Waals surface area (Å²) in [6, 6.07) is 10.6. The summed E-state index contributed by atoms with van der Waals surface area (Å²) in [5.41, 5.74) is 0.609. The first kappa shape index (κ1) is 12.0. The molecule has 1 N–H and O–H groups in total. The maximum Gasteiger partial charge on any atom is 0.0106 e. The van der Waals surface area contributed by atoms with E-state index in [1.807, 2.05) is 11.8 Å². The third-order valence-corrected chi connectivity index (χ3v) is 4.42. The molecule has 0 radical (unpaired) electrons. The fourth-order valence-corrected chi connectivity index (χ4v) is 2.94. The molecule has 0 saturated heterocycles. The summed E-state index contributed by atoms with van der Waals surface area (Å²) in [5.74, 6) is 1.17. The molecule has 1 aliphatic rings. The lowest BCUT2D eigenvalue weighted by Gasteiger charge is -2.38. The molecule has 0 unspecified atom stereocenters. The molecule has 0 aliphatic heterocycles. The van der Waals surface area contributed by atoms with Crippen molar-refractivity contribution < 1.29 is 0 Å². The van der Waals surface area contributed by atoms with Crippen molar-refractivity contribution in [1.29, 1.82) is 0 Å². The SMILES string of the molecule is CC1(CNCCSc2ccccc2)CCC1. The van der Waals surface area contributed by atoms with Gasteiger partial charge < -0.3 is 5.32 Å². The van der Waals surface area contributed by atoms with Gasteiger partial charge >= 0.3 is 0 Å². The van der Waals surface area contributed by atoms with Crippen LogP contribution >= 0.6 is 11.8 Å². The van der Waals surface area contributed by atoms with Gasteiger partial charge in [-0.2, -0.15) is 0 Å². The average Bonchev–Trinajstić information content (AvgIpc) is 2.28. The molecule has 0 bridgehead atoms. The van der Waals surface area contributed by atoms with Crippen molar-refractivity contribution in [3.63, 3.8) is 0 Å². The lowest BCUT2D eigenvalue weighted by Crippen LogP contribution is -2.38. The molecule has 1 aromatic rings. The van der Waals surface area contributed by atoms with Gasteiger partial charge in [0.1, 0.15) is 0 Å². The largest absolute Gasteiger partial charge is 0.315 e. The number of thioether (sulfide) groups is 1. The maximum atomic E-state index is 3.58. The molecule has 1 fully saturated rings. The second-order valence-corrected chi connectivity index (χ2v) is 6.17. The predicted molar refractivity (Wildman–Crippen MR) is 72.0 cm³/mol. The molecule has 1 aliphatic carbocycles. The molecule has 88 valence electrons. The first-order valence-electron chi connectivity index (χ1n) is 6.17. The third kappa shape index (κ3) is 3.53. The van der Waals surface area contributed by atoms with E-state index < -0.39 is 0 Å². The molecule has 0 amide bonds. The van der Waals surface area contributed by atoms with Gasteiger partial charge in [0, 0.05) is 23.7 Å². The third-order valence-electron chi connectivity index (χ3n) is 3.40. The molecular weight excluding hydrogens is 214 g/mol. The van der Waals surface area contributed by atoms with Crippen LogP contribution in [0.1, 0.15) is 26.2 Å². The van der Waals surface area contributed by atoms with E-state index in [2.05, 4.69) is 42.6 Å². The molecular formula is C14H21NS. The zero-order valence-electron chi connectivity index (χ0n) is 10.0. The zero-order valence-corrected chi connectivity index (χ0v) is 10.9. The van der Waals surface area contributed by atoms with E-state index in [9.17, 15) is 0 Å². The number of rotatable bonds is 6. The van der Waals surface area contributed by atoms with E-state index in [-0.39, 0.29) is 0 Å². The van der Waals surface area contributed by atoms with Gasteiger partial charge in [-0.05, 0) is 30.4 Å². The van der Waals surface area contributed by atoms with Gasteiger partial charge in [0.2, 0.25) is 0 Å². The highest BCUT2D eigenvalue weighted by Gasteiger charge is 2.30. The van der Waals surface area contributed by atoms with Crippen LogP contribution in [0.2, 0.25) is 0 Å². The van der Waals surface area contributed by atoms with E-state index in [1.54, 1.807) is 0 Å². The van der Waals surface area contributed by atoms with Crippen LogP contribution in [-0.4, -0.2) is 18.8 Å². The van der Waals surface area contributed by atoms with E-state index in [0.29, 0.717) is 5.41 Å². The maximum absolute atomic E-state index is 3.58. The van der Waals surface area contributed by atoms with Crippen molar-refractivity contribution in [3.05, 3.63) is 30.3 Å². The minimum absolute atomic E-state index is 0.609. The molecule has 0 heterocycles. The number of hydrogen-bond donors (Lipinski definition) is 1. The highest BCUT2D eigenvalue weighted by atomic mass is 32.2. The minimum Gasteiger partial charge on any atom is -0.315 e. The van der Waals surface area contributed by atoms with E-state index in [1.165, 1.54) is 36.5 Å². The lowest BCUT2D eigenvalue weighted by atomic mass is 9.70. The van der Waals surface area contributed by atoms with Crippen molar-refractivity contribution in [2.45, 2.75) is 31.1 Å². The molecule has 0 aromatic heterocycles. The van der Waals surface area contributed by atoms with Crippen LogP contribution in [0.3, 0.4) is 0 Å². The molecule has 1 saturated carbocycles. The smallest absolute Gasteiger partial charge is 0.0106 e. The fraction of sp³-hybridized carbons (Fsp3) is 0.571. The van der Waals surface area contributed by atoms with Gasteiger partial charge in [-0.3, -0.25) is 0 Å². The Kier molecular flexibility index (Phi) is 4.30. The Bertz CT molecular complexity index is 306. The van der Waals surface area contributed by atoms with Crippen LogP contribution in [0.25, 0.3) is 0 Å². The standard InChI is InChI=1S/C14H21NS/c1-14(8-5-9-14)12-15-10-11-16-13-6-3-2-4-7-13/h2-4,6-7,15H,5,8-12H2,1H3. The molecule has 0 spiro atoms. The lowest BCUT2D eigenvalue weighted by molar-refractivity contribution is 0.158. The summed E-state index contributed by atoms with van der Waals surface area (Å²) in [7, 11) is 0. The van der Waals surface area contributed by atoms with Crippen molar-refractivity contribution >= 4 is 11.8 Å². The highest BCUT2D eigenvalue weighted by Crippen LogP contribution is 2.39. The minimum atomic E-state index is 0.609. The van der Waals surface area contributed by atoms with Crippen molar-refractivity contribution in [3.8, 4) is 0 Å². The summed E-state index contributed by atoms with van der Waals surface area (Å²) >= 11 is 1.93. The van der Waals surface area contributed by atoms with E-state index in [4.69, 9.17) is 0 Å². The second-order valence-electron chi connectivity index (χ2n) is 5.00. The van der Waals surface area contributed by atoms with E-state index >= 15 is 0 Å². The van der Waals surface area contributed by atoms with Gasteiger partial charge in [0.05, 0.1) is 0 Å². The van der Waals surface area contributed by atoms with Gasteiger partial charge in [0.25, 0.3) is 0 Å². The number of nitrogens with one attached hydrogen (secondary N) is 1. The summed E-state index contributed by atoms with van der Waals surface area (Å²) in [6.07, 6.45) is 4.24. The Morgan fingerprint density at radius 3 is 2.62 bits per heavy atom. The highest BCUT2D eigenvalue weighted by molar-refractivity contribution is 7.99. The van der Waals surface area contributed by atoms with Crippen LogP contribution in [0.15, 0.2) is 35.2 Å². The normalized spacial score (nSPS) is 18.1. The van der Waals surface area contributed by atoms with E-state index in [0.717, 1.165) is 6.54 Å². The Balaban J connectivity index is 1.55. The Labute approximate surface area is 103 Å². The van der Waals surface area contributed by atoms with Crippen LogP contribution in [0.5, 0.6) is 0 Å². The van der Waals surface area contributed by atoms with Gasteiger partial charge in [0.15, 0.2) is 0 Å². The summed E-state index contributed by atoms with van der Waals surface area (Å²) in [6.45, 7) is 4.71. The van der Waals surface area contributed by atoms with Crippen LogP contribution in [0, 0.1) is 5.41 Å². The quantitative estimate of drug-likeness (QED) is 0.598. The zero-order chi connectivity index (χ0) is 11.3. The molecule has 2 rings (SSSR count). The van der Waals surface area contributed by atoms with Crippen molar-refractivity contribution in [2.24, 2.45) is 5.41 Å². The van der Waals surface area contributed by atoms with Gasteiger partial charge in [-0.25, -0.2) is 0 Å². The molecule has 0 atom stereocenters. The first-order chi connectivity index (χ1) is 7.79. The fourth-order valence-electron chi connectivity index (χ4n) is 2.11. The molecule has 1 aromatic carbocycles. The molecule has 1 nitrogen and oxygen atoms in total. The Hall–Kier alpha value is -0.470. The first-order valence-corrected chi connectivity index (χ1v) is 7.16. The monoisotopic (exact) mass is 235 g/mol. The van der Waals surface area contributed by atoms with Crippen LogP contribution in [-0.2, 0) is 0 Å². The average molecular weight is 235 g/mol. The summed E-state index contributed by atoms with van der Waals surface area (Å²) in [5, 5.41) is 3.58.